The second kappa shape index (κ2) is 6.74. The van der Waals surface area contributed by atoms with Crippen molar-refractivity contribution in [1.29, 1.82) is 0 Å². The third-order valence-corrected chi connectivity index (χ3v) is 4.08. The van der Waals surface area contributed by atoms with Crippen LogP contribution < -0.4 is 10.9 Å². The molecule has 2 heterocycles. The first-order valence-electron chi connectivity index (χ1n) is 7.86. The zero-order valence-corrected chi connectivity index (χ0v) is 13.7. The lowest BCUT2D eigenvalue weighted by Gasteiger charge is -2.08. The minimum Gasteiger partial charge on any atom is -0.467 e. The smallest absolute Gasteiger partial charge is 0.339 e. The van der Waals surface area contributed by atoms with Gasteiger partial charge in [-0.25, -0.2) is 4.79 Å². The number of carbonyl (C=O) groups is 1. The molecule has 124 valence electrons. The Morgan fingerprint density at radius 1 is 1.21 bits per heavy atom. The maximum atomic E-state index is 12.2. The maximum Gasteiger partial charge on any atom is 0.339 e. The predicted molar refractivity (Wildman–Crippen MR) is 90.8 cm³/mol. The molecule has 0 spiro atoms. The van der Waals surface area contributed by atoms with Crippen LogP contribution in [-0.2, 0) is 17.8 Å². The summed E-state index contributed by atoms with van der Waals surface area (Å²) in [7, 11) is 0. The molecule has 1 aromatic carbocycles. The topological polar surface area (TPSA) is 72.5 Å². The van der Waals surface area contributed by atoms with Crippen LogP contribution in [0.25, 0.3) is 11.0 Å². The van der Waals surface area contributed by atoms with Gasteiger partial charge < -0.3 is 14.2 Å². The molecule has 0 unspecified atom stereocenters. The summed E-state index contributed by atoms with van der Waals surface area (Å²) in [6.07, 6.45) is 2.14. The van der Waals surface area contributed by atoms with Crippen molar-refractivity contribution in [3.05, 3.63) is 69.5 Å². The monoisotopic (exact) mass is 325 g/mol. The SMILES string of the molecule is Cc1ccc2c(C)c(CCC(=O)NCc3ccco3)c(=O)oc2c1. The summed E-state index contributed by atoms with van der Waals surface area (Å²) in [4.78, 5) is 24.2. The molecule has 5 heteroatoms. The van der Waals surface area contributed by atoms with Gasteiger partial charge in [0.2, 0.25) is 5.91 Å². The van der Waals surface area contributed by atoms with Gasteiger partial charge in [0.1, 0.15) is 11.3 Å². The molecule has 3 rings (SSSR count). The zero-order chi connectivity index (χ0) is 17.1. The maximum absolute atomic E-state index is 12.2. The van der Waals surface area contributed by atoms with Gasteiger partial charge in [-0.3, -0.25) is 4.79 Å². The minimum atomic E-state index is -0.371. The van der Waals surface area contributed by atoms with Gasteiger partial charge in [0, 0.05) is 17.4 Å². The summed E-state index contributed by atoms with van der Waals surface area (Å²) >= 11 is 0. The highest BCUT2D eigenvalue weighted by molar-refractivity contribution is 5.82. The van der Waals surface area contributed by atoms with Gasteiger partial charge in [-0.1, -0.05) is 12.1 Å². The summed E-state index contributed by atoms with van der Waals surface area (Å²) in [5.41, 5.74) is 2.68. The largest absolute Gasteiger partial charge is 0.467 e. The van der Waals surface area contributed by atoms with Gasteiger partial charge in [0.25, 0.3) is 0 Å². The van der Waals surface area contributed by atoms with Crippen LogP contribution in [0.3, 0.4) is 0 Å². The Bertz CT molecular complexity index is 922. The third kappa shape index (κ3) is 3.40. The summed E-state index contributed by atoms with van der Waals surface area (Å²) < 4.78 is 10.6. The number of amides is 1. The van der Waals surface area contributed by atoms with Crippen molar-refractivity contribution in [2.24, 2.45) is 0 Å². The molecule has 0 fully saturated rings. The number of carbonyl (C=O) groups excluding carboxylic acids is 1. The van der Waals surface area contributed by atoms with Crippen LogP contribution in [0.5, 0.6) is 0 Å². The van der Waals surface area contributed by atoms with Crippen molar-refractivity contribution in [2.45, 2.75) is 33.2 Å². The van der Waals surface area contributed by atoms with Crippen LogP contribution >= 0.6 is 0 Å². The Morgan fingerprint density at radius 2 is 2.04 bits per heavy atom. The molecular weight excluding hydrogens is 306 g/mol. The first-order chi connectivity index (χ1) is 11.5. The summed E-state index contributed by atoms with van der Waals surface area (Å²) in [5.74, 6) is 0.564. The van der Waals surface area contributed by atoms with E-state index in [1.165, 1.54) is 0 Å². The quantitative estimate of drug-likeness (QED) is 0.731. The minimum absolute atomic E-state index is 0.130. The van der Waals surface area contributed by atoms with Crippen molar-refractivity contribution in [2.75, 3.05) is 0 Å². The van der Waals surface area contributed by atoms with Crippen LogP contribution in [-0.4, -0.2) is 5.91 Å². The molecule has 0 radical (unpaired) electrons. The molecule has 1 N–H and O–H groups in total. The van der Waals surface area contributed by atoms with E-state index in [1.54, 1.807) is 18.4 Å². The highest BCUT2D eigenvalue weighted by Gasteiger charge is 2.13. The second-order valence-corrected chi connectivity index (χ2v) is 5.85. The van der Waals surface area contributed by atoms with Crippen molar-refractivity contribution < 1.29 is 13.6 Å². The predicted octanol–water partition coefficient (Wildman–Crippen LogP) is 3.25. The van der Waals surface area contributed by atoms with E-state index >= 15 is 0 Å². The third-order valence-electron chi connectivity index (χ3n) is 4.08. The lowest BCUT2D eigenvalue weighted by Crippen LogP contribution is -2.24. The number of furan rings is 1. The van der Waals surface area contributed by atoms with E-state index in [-0.39, 0.29) is 18.0 Å². The van der Waals surface area contributed by atoms with Gasteiger partial charge in [-0.2, -0.15) is 0 Å². The second-order valence-electron chi connectivity index (χ2n) is 5.85. The number of fused-ring (bicyclic) bond motifs is 1. The fourth-order valence-electron chi connectivity index (χ4n) is 2.72. The molecule has 0 bridgehead atoms. The number of rotatable bonds is 5. The van der Waals surface area contributed by atoms with E-state index in [0.29, 0.717) is 29.9 Å². The van der Waals surface area contributed by atoms with E-state index in [4.69, 9.17) is 8.83 Å². The van der Waals surface area contributed by atoms with Gasteiger partial charge >= 0.3 is 5.63 Å². The van der Waals surface area contributed by atoms with Gasteiger partial charge in [0.15, 0.2) is 0 Å². The molecule has 1 amide bonds. The average molecular weight is 325 g/mol. The van der Waals surface area contributed by atoms with Crippen molar-refractivity contribution in [3.8, 4) is 0 Å². The van der Waals surface area contributed by atoms with Gasteiger partial charge in [0.05, 0.1) is 12.8 Å². The van der Waals surface area contributed by atoms with Crippen LogP contribution in [0.15, 0.2) is 50.2 Å². The van der Waals surface area contributed by atoms with Crippen LogP contribution in [0.2, 0.25) is 0 Å². The van der Waals surface area contributed by atoms with Gasteiger partial charge in [-0.15, -0.1) is 0 Å². The molecule has 0 saturated heterocycles. The van der Waals surface area contributed by atoms with Crippen molar-refractivity contribution in [3.63, 3.8) is 0 Å². The Hall–Kier alpha value is -2.82. The number of aryl methyl sites for hydroxylation is 2. The molecule has 0 atom stereocenters. The standard InChI is InChI=1S/C19H19NO4/c1-12-5-6-15-13(2)16(19(22)24-17(15)10-12)7-8-18(21)20-11-14-4-3-9-23-14/h3-6,9-10H,7-8,11H2,1-2H3,(H,20,21). The Balaban J connectivity index is 1.71. The molecule has 0 aliphatic heterocycles. The number of benzene rings is 1. The van der Waals surface area contributed by atoms with E-state index in [2.05, 4.69) is 5.32 Å². The normalized spacial score (nSPS) is 10.9. The highest BCUT2D eigenvalue weighted by atomic mass is 16.4. The van der Waals surface area contributed by atoms with E-state index in [9.17, 15) is 9.59 Å². The van der Waals surface area contributed by atoms with E-state index in [1.807, 2.05) is 32.0 Å². The first kappa shape index (κ1) is 16.1. The molecule has 5 nitrogen and oxygen atoms in total. The molecule has 0 aliphatic carbocycles. The number of hydrogen-bond acceptors (Lipinski definition) is 4. The molecule has 3 aromatic rings. The first-order valence-corrected chi connectivity index (χ1v) is 7.86. The lowest BCUT2D eigenvalue weighted by atomic mass is 10.0. The summed E-state index contributed by atoms with van der Waals surface area (Å²) in [6.45, 7) is 4.19. The fourth-order valence-corrected chi connectivity index (χ4v) is 2.72. The molecule has 0 aliphatic rings. The van der Waals surface area contributed by atoms with Crippen LogP contribution in [0.1, 0.15) is 28.9 Å². The Morgan fingerprint density at radius 3 is 2.79 bits per heavy atom. The summed E-state index contributed by atoms with van der Waals surface area (Å²) in [6, 6.07) is 9.35. The highest BCUT2D eigenvalue weighted by Crippen LogP contribution is 2.21. The summed E-state index contributed by atoms with van der Waals surface area (Å²) in [5, 5.41) is 3.68. The number of nitrogens with one attached hydrogen (secondary N) is 1. The van der Waals surface area contributed by atoms with Crippen molar-refractivity contribution >= 4 is 16.9 Å². The molecule has 24 heavy (non-hydrogen) atoms. The molecule has 0 saturated carbocycles. The number of hydrogen-bond donors (Lipinski definition) is 1. The molecular formula is C19H19NO4. The van der Waals surface area contributed by atoms with Crippen molar-refractivity contribution in [1.82, 2.24) is 5.32 Å². The van der Waals surface area contributed by atoms with Crippen LogP contribution in [0, 0.1) is 13.8 Å². The Kier molecular flexibility index (Phi) is 4.51. The van der Waals surface area contributed by atoms with E-state index < -0.39 is 0 Å². The van der Waals surface area contributed by atoms with Crippen LogP contribution in [0.4, 0.5) is 0 Å². The Labute approximate surface area is 139 Å². The lowest BCUT2D eigenvalue weighted by molar-refractivity contribution is -0.121. The average Bonchev–Trinajstić information content (AvgIpc) is 3.05. The molecule has 2 aromatic heterocycles. The van der Waals surface area contributed by atoms with E-state index in [0.717, 1.165) is 16.5 Å². The van der Waals surface area contributed by atoms with Gasteiger partial charge in [-0.05, 0) is 49.6 Å². The fraction of sp³-hybridized carbons (Fsp3) is 0.263. The zero-order valence-electron chi connectivity index (χ0n) is 13.7.